The summed E-state index contributed by atoms with van der Waals surface area (Å²) in [6.45, 7) is 3.81. The van der Waals surface area contributed by atoms with Gasteiger partial charge in [0.2, 0.25) is 11.8 Å². The van der Waals surface area contributed by atoms with Crippen molar-refractivity contribution in [3.63, 3.8) is 0 Å². The van der Waals surface area contributed by atoms with E-state index < -0.39 is 0 Å². The Hall–Kier alpha value is -2.66. The Balaban J connectivity index is 1.41. The number of rotatable bonds is 4. The van der Waals surface area contributed by atoms with Crippen molar-refractivity contribution >= 4 is 23.2 Å². The van der Waals surface area contributed by atoms with Gasteiger partial charge in [-0.2, -0.15) is 0 Å². The fraction of sp³-hybridized carbons (Fsp3) is 0.364. The summed E-state index contributed by atoms with van der Waals surface area (Å²) in [5.74, 6) is 0.0583. The second-order valence-corrected chi connectivity index (χ2v) is 7.41. The Morgan fingerprint density at radius 1 is 1.11 bits per heavy atom. The first-order chi connectivity index (χ1) is 13.1. The molecule has 140 valence electrons. The molecule has 2 aliphatic heterocycles. The second kappa shape index (κ2) is 7.53. The van der Waals surface area contributed by atoms with E-state index in [1.54, 1.807) is 0 Å². The molecule has 1 fully saturated rings. The predicted octanol–water partition coefficient (Wildman–Crippen LogP) is 2.99. The minimum atomic E-state index is -0.243. The molecule has 1 unspecified atom stereocenters. The lowest BCUT2D eigenvalue weighted by molar-refractivity contribution is -0.123. The monoisotopic (exact) mass is 363 g/mol. The number of para-hydroxylation sites is 1. The van der Waals surface area contributed by atoms with Crippen molar-refractivity contribution in [3.8, 4) is 0 Å². The number of benzene rings is 2. The first kappa shape index (κ1) is 17.7. The second-order valence-electron chi connectivity index (χ2n) is 7.41. The molecule has 4 rings (SSSR count). The molecule has 2 aliphatic rings. The number of nitrogens with one attached hydrogen (secondary N) is 1. The number of carbonyl (C=O) groups is 2. The Labute approximate surface area is 160 Å². The van der Waals surface area contributed by atoms with Crippen molar-refractivity contribution in [2.75, 3.05) is 29.9 Å². The van der Waals surface area contributed by atoms with Gasteiger partial charge in [-0.25, -0.2) is 0 Å². The first-order valence-electron chi connectivity index (χ1n) is 9.62. The van der Waals surface area contributed by atoms with E-state index in [1.165, 1.54) is 5.56 Å². The lowest BCUT2D eigenvalue weighted by Gasteiger charge is -2.26. The third-order valence-corrected chi connectivity index (χ3v) is 5.48. The van der Waals surface area contributed by atoms with Crippen LogP contribution in [0, 0.1) is 6.92 Å². The molecule has 1 saturated heterocycles. The zero-order chi connectivity index (χ0) is 18.8. The minimum Gasteiger partial charge on any atom is -0.325 e. The summed E-state index contributed by atoms with van der Waals surface area (Å²) in [5, 5.41) is 3.01. The van der Waals surface area contributed by atoms with E-state index in [9.17, 15) is 9.59 Å². The summed E-state index contributed by atoms with van der Waals surface area (Å²) < 4.78 is 0. The lowest BCUT2D eigenvalue weighted by atomic mass is 10.1. The molecular formula is C22H25N3O2. The maximum absolute atomic E-state index is 12.9. The van der Waals surface area contributed by atoms with Gasteiger partial charge in [-0.3, -0.25) is 14.5 Å². The summed E-state index contributed by atoms with van der Waals surface area (Å²) in [6.07, 6.45) is 2.64. The average molecular weight is 363 g/mol. The summed E-state index contributed by atoms with van der Waals surface area (Å²) in [6, 6.07) is 15.6. The van der Waals surface area contributed by atoms with Crippen LogP contribution in [0.15, 0.2) is 48.5 Å². The number of fused-ring (bicyclic) bond motifs is 1. The molecule has 0 aliphatic carbocycles. The van der Waals surface area contributed by atoms with E-state index in [0.29, 0.717) is 6.54 Å². The molecular weight excluding hydrogens is 338 g/mol. The number of amides is 2. The molecule has 2 aromatic rings. The van der Waals surface area contributed by atoms with Crippen molar-refractivity contribution in [1.82, 2.24) is 4.90 Å². The van der Waals surface area contributed by atoms with E-state index in [2.05, 4.69) is 11.4 Å². The molecule has 0 radical (unpaired) electrons. The van der Waals surface area contributed by atoms with Crippen LogP contribution in [0.2, 0.25) is 0 Å². The van der Waals surface area contributed by atoms with Gasteiger partial charge >= 0.3 is 0 Å². The topological polar surface area (TPSA) is 52.7 Å². The molecule has 2 amide bonds. The quantitative estimate of drug-likeness (QED) is 0.909. The van der Waals surface area contributed by atoms with E-state index in [1.807, 2.05) is 59.2 Å². The van der Waals surface area contributed by atoms with Gasteiger partial charge in [0.05, 0.1) is 12.6 Å². The maximum Gasteiger partial charge on any atom is 0.241 e. The fourth-order valence-corrected chi connectivity index (χ4v) is 4.12. The van der Waals surface area contributed by atoms with Crippen LogP contribution >= 0.6 is 0 Å². The van der Waals surface area contributed by atoms with Crippen molar-refractivity contribution in [3.05, 3.63) is 59.7 Å². The smallest absolute Gasteiger partial charge is 0.241 e. The van der Waals surface area contributed by atoms with Gasteiger partial charge in [0.25, 0.3) is 0 Å². The predicted molar refractivity (Wildman–Crippen MR) is 107 cm³/mol. The fourth-order valence-electron chi connectivity index (χ4n) is 4.12. The highest BCUT2D eigenvalue weighted by Gasteiger charge is 2.34. The molecule has 0 bridgehead atoms. The zero-order valence-corrected chi connectivity index (χ0v) is 15.6. The van der Waals surface area contributed by atoms with Crippen molar-refractivity contribution in [2.24, 2.45) is 0 Å². The normalized spacial score (nSPS) is 19.1. The molecule has 0 saturated carbocycles. The number of likely N-dealkylation sites (tertiary alicyclic amines) is 1. The van der Waals surface area contributed by atoms with Crippen LogP contribution in [0.4, 0.5) is 11.4 Å². The van der Waals surface area contributed by atoms with Gasteiger partial charge in [0, 0.05) is 17.9 Å². The number of aryl methyl sites for hydroxylation is 1. The minimum absolute atomic E-state index is 0.0206. The number of carbonyl (C=O) groups excluding carboxylic acids is 2. The van der Waals surface area contributed by atoms with Crippen LogP contribution in [0.3, 0.4) is 0 Å². The summed E-state index contributed by atoms with van der Waals surface area (Å²) in [4.78, 5) is 29.5. The van der Waals surface area contributed by atoms with Gasteiger partial charge in [-0.15, -0.1) is 0 Å². The highest BCUT2D eigenvalue weighted by Crippen LogP contribution is 2.28. The van der Waals surface area contributed by atoms with Crippen LogP contribution in [0.1, 0.15) is 24.0 Å². The number of nitrogens with zero attached hydrogens (tertiary/aromatic N) is 2. The van der Waals surface area contributed by atoms with Gasteiger partial charge in [0.1, 0.15) is 0 Å². The lowest BCUT2D eigenvalue weighted by Crippen LogP contribution is -2.46. The molecule has 1 N–H and O–H groups in total. The summed E-state index contributed by atoms with van der Waals surface area (Å²) >= 11 is 0. The van der Waals surface area contributed by atoms with Crippen LogP contribution in [0.5, 0.6) is 0 Å². The van der Waals surface area contributed by atoms with Gasteiger partial charge in [-0.1, -0.05) is 30.3 Å². The first-order valence-corrected chi connectivity index (χ1v) is 9.62. The number of hydrogen-bond donors (Lipinski definition) is 1. The van der Waals surface area contributed by atoms with Gasteiger partial charge in [0.15, 0.2) is 0 Å². The van der Waals surface area contributed by atoms with E-state index in [4.69, 9.17) is 0 Å². The maximum atomic E-state index is 12.9. The number of hydrogen-bond acceptors (Lipinski definition) is 3. The van der Waals surface area contributed by atoms with Crippen molar-refractivity contribution in [2.45, 2.75) is 32.2 Å². The average Bonchev–Trinajstić information content (AvgIpc) is 3.28. The van der Waals surface area contributed by atoms with Crippen LogP contribution in [0.25, 0.3) is 0 Å². The number of anilines is 2. The van der Waals surface area contributed by atoms with E-state index in [0.717, 1.165) is 49.3 Å². The molecule has 1 atom stereocenters. The third kappa shape index (κ3) is 3.74. The Kier molecular flexibility index (Phi) is 4.94. The Morgan fingerprint density at radius 3 is 2.81 bits per heavy atom. The summed E-state index contributed by atoms with van der Waals surface area (Å²) in [7, 11) is 0. The highest BCUT2D eigenvalue weighted by molar-refractivity contribution is 5.98. The molecule has 2 aromatic carbocycles. The van der Waals surface area contributed by atoms with Crippen molar-refractivity contribution < 1.29 is 9.59 Å². The standard InChI is InChI=1S/C22H25N3O2/c1-16-6-4-8-18(14-16)23-22(27)20-10-5-12-24(20)15-21(26)25-13-11-17-7-2-3-9-19(17)25/h2-4,6-9,14,20H,5,10-13,15H2,1H3,(H,23,27). The SMILES string of the molecule is Cc1cccc(NC(=O)C2CCCN2CC(=O)N2CCc3ccccc32)c1. The van der Waals surface area contributed by atoms with E-state index in [-0.39, 0.29) is 17.9 Å². The van der Waals surface area contributed by atoms with Gasteiger partial charge in [-0.05, 0) is 62.1 Å². The highest BCUT2D eigenvalue weighted by atomic mass is 16.2. The molecule has 27 heavy (non-hydrogen) atoms. The van der Waals surface area contributed by atoms with Crippen LogP contribution < -0.4 is 10.2 Å². The zero-order valence-electron chi connectivity index (χ0n) is 15.6. The molecule has 2 heterocycles. The Morgan fingerprint density at radius 2 is 1.96 bits per heavy atom. The van der Waals surface area contributed by atoms with E-state index >= 15 is 0 Å². The van der Waals surface area contributed by atoms with Gasteiger partial charge < -0.3 is 10.2 Å². The van der Waals surface area contributed by atoms with Crippen molar-refractivity contribution in [1.29, 1.82) is 0 Å². The molecule has 0 spiro atoms. The molecule has 0 aromatic heterocycles. The largest absolute Gasteiger partial charge is 0.325 e. The summed E-state index contributed by atoms with van der Waals surface area (Å²) in [5.41, 5.74) is 4.16. The molecule has 5 heteroatoms. The van der Waals surface area contributed by atoms with Crippen LogP contribution in [-0.2, 0) is 16.0 Å². The Bertz CT molecular complexity index is 864. The van der Waals surface area contributed by atoms with Crippen LogP contribution in [-0.4, -0.2) is 42.4 Å². The third-order valence-electron chi connectivity index (χ3n) is 5.48. The molecule has 5 nitrogen and oxygen atoms in total.